The van der Waals surface area contributed by atoms with Crippen LogP contribution in [0.25, 0.3) is 0 Å². The van der Waals surface area contributed by atoms with Crippen LogP contribution in [0.4, 0.5) is 0 Å². The number of hydrogen-bond donors (Lipinski definition) is 2. The lowest BCUT2D eigenvalue weighted by Gasteiger charge is -2.56. The van der Waals surface area contributed by atoms with Gasteiger partial charge in [-0.1, -0.05) is 0 Å². The summed E-state index contributed by atoms with van der Waals surface area (Å²) in [4.78, 5) is 26.4. The molecule has 0 aliphatic heterocycles. The van der Waals surface area contributed by atoms with Crippen molar-refractivity contribution >= 4 is 11.8 Å². The van der Waals surface area contributed by atoms with Gasteiger partial charge in [0, 0.05) is 11.4 Å². The van der Waals surface area contributed by atoms with Gasteiger partial charge in [0.2, 0.25) is 11.8 Å². The maximum Gasteiger partial charge on any atom is 0.230 e. The van der Waals surface area contributed by atoms with Gasteiger partial charge in [-0.15, -0.1) is 0 Å². The smallest absolute Gasteiger partial charge is 0.230 e. The SMILES string of the molecule is O=C(NC1=CC(NC(=O)C23CC4CC(CC(C4)C2)C3)=C1)C12CC3CC(CC(C3)C1)C2. The molecule has 30 heavy (non-hydrogen) atoms. The standard InChI is InChI=1S/C26H34N2O2/c29-23(25-9-15-1-16(10-25)3-17(2-15)11-25)27-21-7-22(8-21)28-24(30)26-12-18-4-19(13-26)6-20(5-18)14-26/h7-8,15-20H,1-6,9-14H2,(H,27,29)(H,28,30). The molecule has 8 fully saturated rings. The Morgan fingerprint density at radius 1 is 0.567 bits per heavy atom. The molecule has 0 aromatic rings. The molecule has 0 aromatic carbocycles. The second-order valence-electron chi connectivity index (χ2n) is 12.5. The summed E-state index contributed by atoms with van der Waals surface area (Å²) in [5.41, 5.74) is 1.55. The Hall–Kier alpha value is -1.58. The third-order valence-corrected chi connectivity index (χ3v) is 10.2. The number of carbonyl (C=O) groups is 2. The van der Waals surface area contributed by atoms with Crippen molar-refractivity contribution in [1.82, 2.24) is 10.6 Å². The Labute approximate surface area is 179 Å². The molecule has 0 heterocycles. The molecule has 2 N–H and O–H groups in total. The summed E-state index contributed by atoms with van der Waals surface area (Å²) in [7, 11) is 0. The molecule has 0 radical (unpaired) electrons. The Bertz CT molecular complexity index is 733. The monoisotopic (exact) mass is 406 g/mol. The highest BCUT2D eigenvalue weighted by Gasteiger charge is 2.56. The lowest BCUT2D eigenvalue weighted by Crippen LogP contribution is -2.54. The Morgan fingerprint density at radius 3 is 1.10 bits per heavy atom. The quantitative estimate of drug-likeness (QED) is 0.725. The number of nitrogens with one attached hydrogen (secondary N) is 2. The van der Waals surface area contributed by atoms with Crippen molar-refractivity contribution in [2.45, 2.75) is 77.0 Å². The van der Waals surface area contributed by atoms with Gasteiger partial charge < -0.3 is 10.6 Å². The van der Waals surface area contributed by atoms with Gasteiger partial charge in [0.25, 0.3) is 0 Å². The molecule has 0 atom stereocenters. The van der Waals surface area contributed by atoms with Gasteiger partial charge in [-0.25, -0.2) is 0 Å². The maximum atomic E-state index is 13.2. The second-order valence-corrected chi connectivity index (χ2v) is 12.5. The van der Waals surface area contributed by atoms with E-state index in [1.165, 1.54) is 38.5 Å². The van der Waals surface area contributed by atoms with Crippen molar-refractivity contribution < 1.29 is 9.59 Å². The van der Waals surface area contributed by atoms with E-state index in [2.05, 4.69) is 10.6 Å². The van der Waals surface area contributed by atoms with Gasteiger partial charge in [0.05, 0.1) is 10.8 Å². The predicted octanol–water partition coefficient (Wildman–Crippen LogP) is 4.43. The molecule has 9 aliphatic carbocycles. The lowest BCUT2D eigenvalue weighted by atomic mass is 9.49. The van der Waals surface area contributed by atoms with Crippen LogP contribution >= 0.6 is 0 Å². The van der Waals surface area contributed by atoms with Crippen molar-refractivity contribution in [3.8, 4) is 0 Å². The van der Waals surface area contributed by atoms with E-state index in [0.717, 1.165) is 85.4 Å². The van der Waals surface area contributed by atoms with Crippen LogP contribution in [-0.2, 0) is 9.59 Å². The highest BCUT2D eigenvalue weighted by atomic mass is 16.2. The van der Waals surface area contributed by atoms with Gasteiger partial charge >= 0.3 is 0 Å². The molecule has 0 unspecified atom stereocenters. The summed E-state index contributed by atoms with van der Waals surface area (Å²) in [6, 6.07) is 0. The highest BCUT2D eigenvalue weighted by Crippen LogP contribution is 2.61. The number of carbonyl (C=O) groups excluding carboxylic acids is 2. The summed E-state index contributed by atoms with van der Waals surface area (Å²) < 4.78 is 0. The summed E-state index contributed by atoms with van der Waals surface area (Å²) >= 11 is 0. The van der Waals surface area contributed by atoms with E-state index < -0.39 is 0 Å². The zero-order valence-corrected chi connectivity index (χ0v) is 17.9. The van der Waals surface area contributed by atoms with E-state index in [1.54, 1.807) is 0 Å². The van der Waals surface area contributed by atoms with E-state index >= 15 is 0 Å². The lowest BCUT2D eigenvalue weighted by molar-refractivity contribution is -0.145. The summed E-state index contributed by atoms with van der Waals surface area (Å²) in [6.07, 6.45) is 18.6. The van der Waals surface area contributed by atoms with Crippen molar-refractivity contribution in [3.63, 3.8) is 0 Å². The molecule has 4 nitrogen and oxygen atoms in total. The maximum absolute atomic E-state index is 13.2. The Balaban J connectivity index is 0.985. The van der Waals surface area contributed by atoms with Crippen LogP contribution in [0.3, 0.4) is 0 Å². The summed E-state index contributed by atoms with van der Waals surface area (Å²) in [5, 5.41) is 6.41. The van der Waals surface area contributed by atoms with Crippen LogP contribution in [0.2, 0.25) is 0 Å². The van der Waals surface area contributed by atoms with E-state index in [1.807, 2.05) is 12.2 Å². The Kier molecular flexibility index (Phi) is 3.61. The second kappa shape index (κ2) is 6.01. The minimum absolute atomic E-state index is 0.109. The van der Waals surface area contributed by atoms with Gasteiger partial charge in [-0.3, -0.25) is 9.59 Å². The third-order valence-electron chi connectivity index (χ3n) is 10.2. The molecule has 4 heteroatoms. The fourth-order valence-corrected chi connectivity index (χ4v) is 9.77. The highest BCUT2D eigenvalue weighted by molar-refractivity contribution is 5.88. The average molecular weight is 407 g/mol. The van der Waals surface area contributed by atoms with Crippen LogP contribution in [0.5, 0.6) is 0 Å². The molecule has 8 saturated carbocycles. The molecule has 9 rings (SSSR count). The summed E-state index contributed by atoms with van der Waals surface area (Å²) in [6.45, 7) is 0. The van der Waals surface area contributed by atoms with Crippen LogP contribution < -0.4 is 10.6 Å². The molecule has 2 amide bonds. The summed E-state index contributed by atoms with van der Waals surface area (Å²) in [5.74, 6) is 5.18. The molecular formula is C26H34N2O2. The molecule has 0 spiro atoms. The predicted molar refractivity (Wildman–Crippen MR) is 114 cm³/mol. The van der Waals surface area contributed by atoms with Crippen molar-refractivity contribution in [1.29, 1.82) is 0 Å². The number of allylic oxidation sites excluding steroid dienone is 2. The van der Waals surface area contributed by atoms with Crippen LogP contribution in [-0.4, -0.2) is 11.8 Å². The molecule has 160 valence electrons. The van der Waals surface area contributed by atoms with Gasteiger partial charge in [0.1, 0.15) is 0 Å². The molecule has 0 aromatic heterocycles. The zero-order chi connectivity index (χ0) is 20.1. The van der Waals surface area contributed by atoms with E-state index in [9.17, 15) is 9.59 Å². The number of rotatable bonds is 4. The molecule has 0 saturated heterocycles. The van der Waals surface area contributed by atoms with Crippen molar-refractivity contribution in [2.24, 2.45) is 46.3 Å². The first-order valence-corrected chi connectivity index (χ1v) is 12.5. The van der Waals surface area contributed by atoms with Gasteiger partial charge in [0.15, 0.2) is 0 Å². The molecular weight excluding hydrogens is 372 g/mol. The number of amides is 2. The zero-order valence-electron chi connectivity index (χ0n) is 17.9. The van der Waals surface area contributed by atoms with Crippen molar-refractivity contribution in [3.05, 3.63) is 23.5 Å². The first-order valence-electron chi connectivity index (χ1n) is 12.5. The minimum atomic E-state index is -0.109. The molecule has 9 aliphatic rings. The van der Waals surface area contributed by atoms with Crippen molar-refractivity contribution in [2.75, 3.05) is 0 Å². The average Bonchev–Trinajstić information content (AvgIpc) is 2.64. The van der Waals surface area contributed by atoms with E-state index in [4.69, 9.17) is 0 Å². The van der Waals surface area contributed by atoms with Gasteiger partial charge in [-0.05, 0) is 125 Å². The first kappa shape index (κ1) is 18.0. The normalized spacial score (nSPS) is 49.3. The molecule has 8 bridgehead atoms. The number of hydrogen-bond acceptors (Lipinski definition) is 2. The minimum Gasteiger partial charge on any atom is -0.325 e. The first-order chi connectivity index (χ1) is 14.5. The van der Waals surface area contributed by atoms with Crippen LogP contribution in [0.1, 0.15) is 77.0 Å². The fraction of sp³-hybridized carbons (Fsp3) is 0.769. The van der Waals surface area contributed by atoms with Gasteiger partial charge in [-0.2, -0.15) is 0 Å². The topological polar surface area (TPSA) is 58.2 Å². The van der Waals surface area contributed by atoms with Crippen LogP contribution in [0.15, 0.2) is 23.5 Å². The fourth-order valence-electron chi connectivity index (χ4n) is 9.77. The third kappa shape index (κ3) is 2.64. The van der Waals surface area contributed by atoms with E-state index in [0.29, 0.717) is 0 Å². The Morgan fingerprint density at radius 2 is 0.833 bits per heavy atom. The van der Waals surface area contributed by atoms with E-state index in [-0.39, 0.29) is 22.6 Å². The largest absolute Gasteiger partial charge is 0.325 e. The van der Waals surface area contributed by atoms with Crippen LogP contribution in [0, 0.1) is 46.3 Å².